The molecule has 0 N–H and O–H groups in total. The van der Waals surface area contributed by atoms with Gasteiger partial charge in [0.25, 0.3) is 0 Å². The molecule has 0 aromatic carbocycles. The summed E-state index contributed by atoms with van der Waals surface area (Å²) in [7, 11) is 4.68. The highest BCUT2D eigenvalue weighted by Crippen LogP contribution is 2.48. The van der Waals surface area contributed by atoms with E-state index in [9.17, 15) is 24.0 Å². The molecule has 0 aromatic heterocycles. The van der Waals surface area contributed by atoms with E-state index in [4.69, 9.17) is 18.9 Å². The van der Waals surface area contributed by atoms with Gasteiger partial charge in [-0.3, -0.25) is 14.4 Å². The van der Waals surface area contributed by atoms with Crippen LogP contribution in [0.15, 0.2) is 34.4 Å². The summed E-state index contributed by atoms with van der Waals surface area (Å²) in [5.74, 6) is -5.67. The Kier molecular flexibility index (Phi) is 6.54. The molecule has 0 saturated carbocycles. The Hall–Kier alpha value is -3.08. The number of allylic oxidation sites excluding steroid dienone is 2. The average molecular weight is 451 g/mol. The number of methoxy groups -OCH3 is 4. The zero-order valence-electron chi connectivity index (χ0n) is 17.3. The third-order valence-electron chi connectivity index (χ3n) is 5.43. The number of ether oxygens (including phenoxy) is 4. The highest BCUT2D eigenvalue weighted by atomic mass is 32.2. The molecule has 0 amide bonds. The lowest BCUT2D eigenvalue weighted by molar-refractivity contribution is -0.157. The predicted octanol–water partition coefficient (Wildman–Crippen LogP) is -0.0127. The predicted molar refractivity (Wildman–Crippen MR) is 106 cm³/mol. The number of Topliss-reactive ketones (excluding diaryl/α,β-unsaturated/α-hetero) is 1. The molecule has 0 bridgehead atoms. The van der Waals surface area contributed by atoms with Gasteiger partial charge in [0.15, 0.2) is 5.78 Å². The van der Waals surface area contributed by atoms with Crippen molar-refractivity contribution in [3.63, 3.8) is 0 Å². The molecule has 0 aliphatic carbocycles. The van der Waals surface area contributed by atoms with Gasteiger partial charge in [-0.15, -0.1) is 0 Å². The van der Waals surface area contributed by atoms with Crippen molar-refractivity contribution in [3.8, 4) is 0 Å². The van der Waals surface area contributed by atoms with E-state index in [1.54, 1.807) is 6.08 Å². The van der Waals surface area contributed by atoms with Gasteiger partial charge in [-0.2, -0.15) is 0 Å². The maximum atomic E-state index is 12.9. The standard InChI is InChI=1S/C20H21NO9S/c1-27-17(23)9-6-5-7-10-13(19(25)29-3)14(20(26)30-4)15-11(22)8-31-16(21(10)15)12(9)18(24)28-2/h5-7,10,13-15H,8H2,1-4H3/b7-5-,9-6+,16-12-/t10-,13+,14-,15+/m1/s1. The molecular weight excluding hydrogens is 430 g/mol. The fourth-order valence-corrected chi connectivity index (χ4v) is 5.32. The van der Waals surface area contributed by atoms with E-state index in [1.807, 2.05) is 0 Å². The van der Waals surface area contributed by atoms with E-state index in [0.717, 1.165) is 26.0 Å². The first kappa shape index (κ1) is 22.6. The molecule has 3 aliphatic heterocycles. The number of nitrogens with zero attached hydrogens (tertiary/aromatic N) is 1. The van der Waals surface area contributed by atoms with Crippen LogP contribution in [-0.2, 0) is 42.9 Å². The van der Waals surface area contributed by atoms with E-state index in [-0.39, 0.29) is 27.7 Å². The lowest BCUT2D eigenvalue weighted by atomic mass is 9.85. The average Bonchev–Trinajstić information content (AvgIpc) is 3.11. The number of ketones is 1. The summed E-state index contributed by atoms with van der Waals surface area (Å²) in [5.41, 5.74) is -0.184. The van der Waals surface area contributed by atoms with Crippen molar-refractivity contribution in [3.05, 3.63) is 34.4 Å². The maximum Gasteiger partial charge on any atom is 0.341 e. The molecule has 0 aromatic rings. The highest BCUT2D eigenvalue weighted by molar-refractivity contribution is 8.03. The first-order chi connectivity index (χ1) is 14.8. The largest absolute Gasteiger partial charge is 0.469 e. The van der Waals surface area contributed by atoms with E-state index in [2.05, 4.69) is 0 Å². The van der Waals surface area contributed by atoms with Gasteiger partial charge in [0.2, 0.25) is 0 Å². The van der Waals surface area contributed by atoms with E-state index >= 15 is 0 Å². The molecule has 3 aliphatic rings. The molecule has 0 spiro atoms. The lowest BCUT2D eigenvalue weighted by Crippen LogP contribution is -2.48. The SMILES string of the molecule is COC(=O)C1=C2\SCC(=O)[C@H]3[C@H](C(=O)OC)[C@@H](C(=O)OC)[C@@H](\C=C/C=C\1C(=O)OC)N23. The number of carbonyl (C=O) groups is 5. The molecule has 2 fully saturated rings. The van der Waals surface area contributed by atoms with Crippen LogP contribution in [0.25, 0.3) is 0 Å². The van der Waals surface area contributed by atoms with Crippen LogP contribution in [0.4, 0.5) is 0 Å². The monoisotopic (exact) mass is 451 g/mol. The molecule has 3 heterocycles. The Balaban J connectivity index is 2.32. The second kappa shape index (κ2) is 8.96. The lowest BCUT2D eigenvalue weighted by Gasteiger charge is -2.38. The normalized spacial score (nSPS) is 31.9. The molecule has 2 saturated heterocycles. The Labute approximate surface area is 182 Å². The van der Waals surface area contributed by atoms with Gasteiger partial charge in [-0.1, -0.05) is 23.9 Å². The second-order valence-electron chi connectivity index (χ2n) is 6.82. The van der Waals surface area contributed by atoms with Gasteiger partial charge in [0, 0.05) is 0 Å². The van der Waals surface area contributed by atoms with Crippen molar-refractivity contribution < 1.29 is 42.9 Å². The van der Waals surface area contributed by atoms with Crippen LogP contribution in [-0.4, -0.2) is 80.8 Å². The van der Waals surface area contributed by atoms with Crippen LogP contribution in [0.2, 0.25) is 0 Å². The zero-order chi connectivity index (χ0) is 22.9. The molecular formula is C20H21NO9S. The van der Waals surface area contributed by atoms with Crippen LogP contribution >= 0.6 is 11.8 Å². The third kappa shape index (κ3) is 3.62. The Bertz CT molecular complexity index is 935. The van der Waals surface area contributed by atoms with Crippen molar-refractivity contribution >= 4 is 41.4 Å². The third-order valence-corrected chi connectivity index (χ3v) is 6.54. The van der Waals surface area contributed by atoms with Gasteiger partial charge in [0.05, 0.1) is 62.7 Å². The minimum atomic E-state index is -1.16. The molecule has 166 valence electrons. The molecule has 11 heteroatoms. The summed E-state index contributed by atoms with van der Waals surface area (Å²) in [6.07, 6.45) is 4.41. The first-order valence-corrected chi connectivity index (χ1v) is 10.2. The summed E-state index contributed by atoms with van der Waals surface area (Å²) in [5, 5.41) is 0.239. The number of hydrogen-bond donors (Lipinski definition) is 0. The fourth-order valence-electron chi connectivity index (χ4n) is 4.15. The minimum Gasteiger partial charge on any atom is -0.469 e. The minimum absolute atomic E-state index is 0.0733. The number of rotatable bonds is 4. The summed E-state index contributed by atoms with van der Waals surface area (Å²) in [6, 6.07) is -1.89. The van der Waals surface area contributed by atoms with E-state index in [1.165, 1.54) is 31.3 Å². The molecule has 0 unspecified atom stereocenters. The van der Waals surface area contributed by atoms with Gasteiger partial charge in [0.1, 0.15) is 11.6 Å². The fraction of sp³-hybridized carbons (Fsp3) is 0.450. The summed E-state index contributed by atoms with van der Waals surface area (Å²) >= 11 is 1.02. The first-order valence-electron chi connectivity index (χ1n) is 9.21. The molecule has 10 nitrogen and oxygen atoms in total. The second-order valence-corrected chi connectivity index (χ2v) is 7.79. The van der Waals surface area contributed by atoms with Crippen molar-refractivity contribution in [2.24, 2.45) is 11.8 Å². The maximum absolute atomic E-state index is 12.9. The van der Waals surface area contributed by atoms with Crippen molar-refractivity contribution in [2.75, 3.05) is 34.2 Å². The van der Waals surface area contributed by atoms with Crippen LogP contribution < -0.4 is 0 Å². The Morgan fingerprint density at radius 1 is 0.935 bits per heavy atom. The smallest absolute Gasteiger partial charge is 0.341 e. The summed E-state index contributed by atoms with van der Waals surface area (Å²) in [6.45, 7) is 0. The Morgan fingerprint density at radius 2 is 1.55 bits per heavy atom. The number of thioether (sulfide) groups is 1. The van der Waals surface area contributed by atoms with Crippen molar-refractivity contribution in [1.29, 1.82) is 0 Å². The van der Waals surface area contributed by atoms with Gasteiger partial charge in [-0.25, -0.2) is 9.59 Å². The topological polar surface area (TPSA) is 126 Å². The molecule has 31 heavy (non-hydrogen) atoms. The number of esters is 4. The number of hydrogen-bond acceptors (Lipinski definition) is 11. The van der Waals surface area contributed by atoms with E-state index < -0.39 is 47.8 Å². The van der Waals surface area contributed by atoms with Crippen molar-refractivity contribution in [1.82, 2.24) is 4.90 Å². The molecule has 0 radical (unpaired) electrons. The van der Waals surface area contributed by atoms with Crippen molar-refractivity contribution in [2.45, 2.75) is 12.1 Å². The van der Waals surface area contributed by atoms with Gasteiger partial charge >= 0.3 is 23.9 Å². The van der Waals surface area contributed by atoms with Gasteiger partial charge in [-0.05, 0) is 6.08 Å². The Morgan fingerprint density at radius 3 is 2.13 bits per heavy atom. The van der Waals surface area contributed by atoms with Gasteiger partial charge < -0.3 is 23.8 Å². The van der Waals surface area contributed by atoms with Crippen LogP contribution in [0.5, 0.6) is 0 Å². The van der Waals surface area contributed by atoms with Crippen LogP contribution in [0.3, 0.4) is 0 Å². The summed E-state index contributed by atoms with van der Waals surface area (Å²) < 4.78 is 19.5. The van der Waals surface area contributed by atoms with Crippen LogP contribution in [0.1, 0.15) is 0 Å². The quantitative estimate of drug-likeness (QED) is 0.423. The zero-order valence-corrected chi connectivity index (χ0v) is 18.1. The molecule has 4 atom stereocenters. The highest BCUT2D eigenvalue weighted by Gasteiger charge is 2.60. The summed E-state index contributed by atoms with van der Waals surface area (Å²) in [4.78, 5) is 64.9. The van der Waals surface area contributed by atoms with Crippen LogP contribution in [0, 0.1) is 11.8 Å². The molecule has 3 rings (SSSR count). The van der Waals surface area contributed by atoms with E-state index in [0.29, 0.717) is 0 Å². The number of carbonyl (C=O) groups excluding carboxylic acids is 5.